The van der Waals surface area contributed by atoms with E-state index in [-0.39, 0.29) is 18.4 Å². The van der Waals surface area contributed by atoms with E-state index < -0.39 is 0 Å². The van der Waals surface area contributed by atoms with Gasteiger partial charge in [0.1, 0.15) is 5.75 Å². The first kappa shape index (κ1) is 15.5. The third-order valence-corrected chi connectivity index (χ3v) is 4.18. The highest BCUT2D eigenvalue weighted by atomic mass is 16.5. The van der Waals surface area contributed by atoms with Crippen molar-refractivity contribution in [3.8, 4) is 5.75 Å². The maximum absolute atomic E-state index is 12.3. The zero-order valence-electron chi connectivity index (χ0n) is 13.5. The number of rotatable bonds is 4. The van der Waals surface area contributed by atoms with Gasteiger partial charge in [-0.3, -0.25) is 4.79 Å². The predicted octanol–water partition coefficient (Wildman–Crippen LogP) is 2.47. The van der Waals surface area contributed by atoms with Gasteiger partial charge in [0.05, 0.1) is 0 Å². The van der Waals surface area contributed by atoms with E-state index in [1.807, 2.05) is 43.0 Å². The molecule has 0 bridgehead atoms. The van der Waals surface area contributed by atoms with Crippen LogP contribution in [0.5, 0.6) is 5.75 Å². The molecule has 1 aromatic carbocycles. The Morgan fingerprint density at radius 3 is 2.70 bits per heavy atom. The van der Waals surface area contributed by atoms with Crippen LogP contribution < -0.4 is 4.74 Å². The molecule has 0 aliphatic carbocycles. The van der Waals surface area contributed by atoms with Crippen molar-refractivity contribution in [2.45, 2.75) is 32.6 Å². The van der Waals surface area contributed by atoms with Crippen LogP contribution in [0.15, 0.2) is 28.8 Å². The molecule has 0 atom stereocenters. The van der Waals surface area contributed by atoms with Gasteiger partial charge in [0, 0.05) is 19.0 Å². The Kier molecular flexibility index (Phi) is 4.60. The van der Waals surface area contributed by atoms with Crippen molar-refractivity contribution in [1.29, 1.82) is 0 Å². The molecule has 1 amide bonds. The number of amides is 1. The smallest absolute Gasteiger partial charge is 0.260 e. The van der Waals surface area contributed by atoms with Gasteiger partial charge >= 0.3 is 0 Å². The van der Waals surface area contributed by atoms with E-state index in [2.05, 4.69) is 10.1 Å². The van der Waals surface area contributed by atoms with E-state index in [0.717, 1.165) is 24.2 Å². The number of hydrogen-bond donors (Lipinski definition) is 0. The van der Waals surface area contributed by atoms with Gasteiger partial charge in [0.15, 0.2) is 12.4 Å². The van der Waals surface area contributed by atoms with E-state index >= 15 is 0 Å². The Balaban J connectivity index is 1.49. The molecule has 0 spiro atoms. The molecule has 6 nitrogen and oxygen atoms in total. The Morgan fingerprint density at radius 2 is 2.04 bits per heavy atom. The van der Waals surface area contributed by atoms with Crippen LogP contribution in [0.3, 0.4) is 0 Å². The summed E-state index contributed by atoms with van der Waals surface area (Å²) in [5.74, 6) is 2.37. The Bertz CT molecular complexity index is 675. The molecule has 0 N–H and O–H groups in total. The molecule has 3 rings (SSSR count). The topological polar surface area (TPSA) is 68.5 Å². The van der Waals surface area contributed by atoms with Gasteiger partial charge in [0.2, 0.25) is 5.89 Å². The first-order valence-electron chi connectivity index (χ1n) is 7.90. The second-order valence-electron chi connectivity index (χ2n) is 5.89. The highest BCUT2D eigenvalue weighted by Crippen LogP contribution is 2.26. The van der Waals surface area contributed by atoms with E-state index in [9.17, 15) is 4.79 Å². The molecule has 0 radical (unpaired) electrons. The lowest BCUT2D eigenvalue weighted by atomic mass is 9.97. The predicted molar refractivity (Wildman–Crippen MR) is 84.3 cm³/mol. The molecule has 2 aromatic rings. The zero-order valence-corrected chi connectivity index (χ0v) is 13.5. The molecular weight excluding hydrogens is 294 g/mol. The number of para-hydroxylation sites is 1. The summed E-state index contributed by atoms with van der Waals surface area (Å²) in [6, 6.07) is 7.71. The van der Waals surface area contributed by atoms with Crippen molar-refractivity contribution in [3.05, 3.63) is 41.5 Å². The number of carbonyl (C=O) groups excluding carboxylic acids is 1. The summed E-state index contributed by atoms with van der Waals surface area (Å²) in [6.45, 7) is 5.26. The monoisotopic (exact) mass is 315 g/mol. The first-order valence-corrected chi connectivity index (χ1v) is 7.90. The van der Waals surface area contributed by atoms with E-state index in [1.54, 1.807) is 0 Å². The third-order valence-electron chi connectivity index (χ3n) is 4.18. The standard InChI is InChI=1S/C17H21N3O3/c1-12-5-3-4-6-15(12)22-11-16(21)20-9-7-14(8-10-20)17-18-13(2)19-23-17/h3-6,14H,7-11H2,1-2H3. The summed E-state index contributed by atoms with van der Waals surface area (Å²) in [7, 11) is 0. The molecule has 1 aromatic heterocycles. The normalized spacial score (nSPS) is 15.7. The van der Waals surface area contributed by atoms with Crippen LogP contribution in [-0.4, -0.2) is 40.6 Å². The number of carbonyl (C=O) groups is 1. The molecule has 23 heavy (non-hydrogen) atoms. The quantitative estimate of drug-likeness (QED) is 0.867. The molecule has 1 aliphatic heterocycles. The van der Waals surface area contributed by atoms with Gasteiger partial charge in [-0.15, -0.1) is 0 Å². The number of benzene rings is 1. The van der Waals surface area contributed by atoms with Crippen LogP contribution in [0.4, 0.5) is 0 Å². The molecule has 1 aliphatic rings. The van der Waals surface area contributed by atoms with Gasteiger partial charge < -0.3 is 14.2 Å². The molecular formula is C17H21N3O3. The third kappa shape index (κ3) is 3.70. The molecule has 0 saturated carbocycles. The summed E-state index contributed by atoms with van der Waals surface area (Å²) in [4.78, 5) is 18.4. The second kappa shape index (κ2) is 6.81. The molecule has 0 unspecified atom stereocenters. The lowest BCUT2D eigenvalue weighted by molar-refractivity contribution is -0.134. The summed E-state index contributed by atoms with van der Waals surface area (Å²) in [5.41, 5.74) is 1.03. The summed E-state index contributed by atoms with van der Waals surface area (Å²) in [6.07, 6.45) is 1.69. The second-order valence-corrected chi connectivity index (χ2v) is 5.89. The largest absolute Gasteiger partial charge is 0.484 e. The summed E-state index contributed by atoms with van der Waals surface area (Å²) < 4.78 is 10.9. The van der Waals surface area contributed by atoms with Gasteiger partial charge in [-0.2, -0.15) is 4.98 Å². The maximum Gasteiger partial charge on any atom is 0.260 e. The van der Waals surface area contributed by atoms with Crippen molar-refractivity contribution >= 4 is 5.91 Å². The fraction of sp³-hybridized carbons (Fsp3) is 0.471. The van der Waals surface area contributed by atoms with E-state index in [4.69, 9.17) is 9.26 Å². The van der Waals surface area contributed by atoms with Crippen LogP contribution in [0.25, 0.3) is 0 Å². The highest BCUT2D eigenvalue weighted by molar-refractivity contribution is 5.77. The van der Waals surface area contributed by atoms with Crippen LogP contribution in [0, 0.1) is 13.8 Å². The average molecular weight is 315 g/mol. The van der Waals surface area contributed by atoms with Crippen molar-refractivity contribution in [2.24, 2.45) is 0 Å². The van der Waals surface area contributed by atoms with Crippen molar-refractivity contribution < 1.29 is 14.1 Å². The number of nitrogens with zero attached hydrogens (tertiary/aromatic N) is 3. The number of hydrogen-bond acceptors (Lipinski definition) is 5. The van der Waals surface area contributed by atoms with E-state index in [0.29, 0.717) is 24.8 Å². The maximum atomic E-state index is 12.3. The average Bonchev–Trinajstić information content (AvgIpc) is 3.00. The van der Waals surface area contributed by atoms with Gasteiger partial charge in [-0.05, 0) is 38.3 Å². The minimum absolute atomic E-state index is 0.0217. The number of aryl methyl sites for hydroxylation is 2. The van der Waals surface area contributed by atoms with Gasteiger partial charge in [-0.25, -0.2) is 0 Å². The van der Waals surface area contributed by atoms with Crippen LogP contribution >= 0.6 is 0 Å². The van der Waals surface area contributed by atoms with Gasteiger partial charge in [0.25, 0.3) is 5.91 Å². The van der Waals surface area contributed by atoms with Crippen LogP contribution in [0.1, 0.15) is 36.0 Å². The van der Waals surface area contributed by atoms with E-state index in [1.165, 1.54) is 0 Å². The number of piperidine rings is 1. The lowest BCUT2D eigenvalue weighted by Crippen LogP contribution is -2.40. The molecule has 1 fully saturated rings. The van der Waals surface area contributed by atoms with Crippen molar-refractivity contribution in [2.75, 3.05) is 19.7 Å². The Morgan fingerprint density at radius 1 is 1.30 bits per heavy atom. The number of ether oxygens (including phenoxy) is 1. The highest BCUT2D eigenvalue weighted by Gasteiger charge is 2.27. The minimum Gasteiger partial charge on any atom is -0.484 e. The zero-order chi connectivity index (χ0) is 16.2. The summed E-state index contributed by atoms with van der Waals surface area (Å²) in [5, 5.41) is 3.83. The Labute approximate surface area is 135 Å². The minimum atomic E-state index is 0.0217. The fourth-order valence-corrected chi connectivity index (χ4v) is 2.80. The molecule has 6 heteroatoms. The fourth-order valence-electron chi connectivity index (χ4n) is 2.80. The van der Waals surface area contributed by atoms with Crippen LogP contribution in [0.2, 0.25) is 0 Å². The summed E-state index contributed by atoms with van der Waals surface area (Å²) >= 11 is 0. The van der Waals surface area contributed by atoms with Gasteiger partial charge in [-0.1, -0.05) is 23.4 Å². The first-order chi connectivity index (χ1) is 11.1. The Hall–Kier alpha value is -2.37. The SMILES string of the molecule is Cc1noc(C2CCN(C(=O)COc3ccccc3C)CC2)n1. The number of aromatic nitrogens is 2. The number of likely N-dealkylation sites (tertiary alicyclic amines) is 1. The van der Waals surface area contributed by atoms with Crippen molar-refractivity contribution in [1.82, 2.24) is 15.0 Å². The molecule has 1 saturated heterocycles. The molecule has 2 heterocycles. The van der Waals surface area contributed by atoms with Crippen molar-refractivity contribution in [3.63, 3.8) is 0 Å². The molecule has 122 valence electrons. The van der Waals surface area contributed by atoms with Crippen LogP contribution in [-0.2, 0) is 4.79 Å². The lowest BCUT2D eigenvalue weighted by Gasteiger charge is -2.30.